The summed E-state index contributed by atoms with van der Waals surface area (Å²) in [6.45, 7) is 10.1. The molecule has 0 aromatic heterocycles. The van der Waals surface area contributed by atoms with E-state index in [-0.39, 0.29) is 6.42 Å². The molecule has 3 fully saturated rings. The van der Waals surface area contributed by atoms with Crippen molar-refractivity contribution in [3.63, 3.8) is 0 Å². The standard InChI is InChI=1S/C35H56O4/c1-24(11-8-13-26(33(38)39)14-9-16-32(36)37)10-7-12-25(2)29-19-20-30-28-18-17-27-15-5-6-22-34(27,3)31(28)21-23-35(29,30)4/h8,13,17,24-26,28-31H,5-7,9-12,14-16,18-23H2,1-4H3,(H,36,37)(H,38,39)/t24?,25-,26?,28+,29-,30+,31+,34+,35-/m1/s1. The molecule has 4 nitrogen and oxygen atoms in total. The second kappa shape index (κ2) is 12.9. The summed E-state index contributed by atoms with van der Waals surface area (Å²) >= 11 is 0. The van der Waals surface area contributed by atoms with Crippen LogP contribution in [0.15, 0.2) is 23.8 Å². The van der Waals surface area contributed by atoms with Gasteiger partial charge in [-0.05, 0) is 117 Å². The van der Waals surface area contributed by atoms with Crippen LogP contribution in [0.3, 0.4) is 0 Å². The van der Waals surface area contributed by atoms with E-state index in [2.05, 4.69) is 33.8 Å². The van der Waals surface area contributed by atoms with Crippen LogP contribution >= 0.6 is 0 Å². The lowest BCUT2D eigenvalue weighted by Crippen LogP contribution is -2.50. The highest BCUT2D eigenvalue weighted by Crippen LogP contribution is 2.67. The number of carbonyl (C=O) groups is 2. The molecule has 3 saturated carbocycles. The van der Waals surface area contributed by atoms with E-state index in [0.717, 1.165) is 36.0 Å². The average Bonchev–Trinajstić information content (AvgIpc) is 3.24. The van der Waals surface area contributed by atoms with E-state index < -0.39 is 17.9 Å². The topological polar surface area (TPSA) is 74.6 Å². The summed E-state index contributed by atoms with van der Waals surface area (Å²) in [7, 11) is 0. The first-order valence-corrected chi connectivity index (χ1v) is 16.4. The average molecular weight is 541 g/mol. The Labute approximate surface area is 238 Å². The number of carboxylic acid groups (broad SMARTS) is 2. The van der Waals surface area contributed by atoms with Gasteiger partial charge in [0.05, 0.1) is 5.92 Å². The third kappa shape index (κ3) is 6.67. The highest BCUT2D eigenvalue weighted by atomic mass is 16.4. The normalized spacial score (nSPS) is 36.4. The van der Waals surface area contributed by atoms with Crippen molar-refractivity contribution < 1.29 is 19.8 Å². The minimum atomic E-state index is -0.862. The summed E-state index contributed by atoms with van der Waals surface area (Å²) in [6, 6.07) is 0. The number of hydrogen-bond acceptors (Lipinski definition) is 2. The van der Waals surface area contributed by atoms with Crippen molar-refractivity contribution in [2.45, 2.75) is 130 Å². The van der Waals surface area contributed by atoms with Crippen molar-refractivity contribution in [1.82, 2.24) is 0 Å². The molecule has 0 aromatic rings. The molecule has 0 spiro atoms. The first-order chi connectivity index (χ1) is 18.6. The van der Waals surface area contributed by atoms with Gasteiger partial charge in [0, 0.05) is 6.42 Å². The van der Waals surface area contributed by atoms with E-state index >= 15 is 0 Å². The van der Waals surface area contributed by atoms with Crippen LogP contribution in [0.2, 0.25) is 0 Å². The molecule has 0 amide bonds. The molecular formula is C35H56O4. The fraction of sp³-hybridized carbons (Fsp3) is 0.829. The maximum absolute atomic E-state index is 11.5. The monoisotopic (exact) mass is 540 g/mol. The van der Waals surface area contributed by atoms with Gasteiger partial charge in [-0.1, -0.05) is 77.2 Å². The summed E-state index contributed by atoms with van der Waals surface area (Å²) in [5.74, 6) is 2.66. The Morgan fingerprint density at radius 1 is 1.00 bits per heavy atom. The van der Waals surface area contributed by atoms with Crippen molar-refractivity contribution in [1.29, 1.82) is 0 Å². The predicted octanol–water partition coefficient (Wildman–Crippen LogP) is 9.30. The van der Waals surface area contributed by atoms with Gasteiger partial charge in [-0.3, -0.25) is 9.59 Å². The number of hydrogen-bond donors (Lipinski definition) is 2. The molecular weight excluding hydrogens is 484 g/mol. The lowest BCUT2D eigenvalue weighted by molar-refractivity contribution is -0.141. The van der Waals surface area contributed by atoms with Crippen molar-refractivity contribution >= 4 is 11.9 Å². The number of carboxylic acids is 2. The van der Waals surface area contributed by atoms with Gasteiger partial charge in [0.1, 0.15) is 0 Å². The third-order valence-corrected chi connectivity index (χ3v) is 12.3. The highest BCUT2D eigenvalue weighted by Gasteiger charge is 2.58. The molecule has 39 heavy (non-hydrogen) atoms. The minimum absolute atomic E-state index is 0.0333. The Bertz CT molecular complexity index is 920. The smallest absolute Gasteiger partial charge is 0.310 e. The molecule has 0 aliphatic heterocycles. The maximum atomic E-state index is 11.5. The van der Waals surface area contributed by atoms with Gasteiger partial charge >= 0.3 is 11.9 Å². The molecule has 0 bridgehead atoms. The van der Waals surface area contributed by atoms with E-state index in [1.165, 1.54) is 77.0 Å². The lowest BCUT2D eigenvalue weighted by atomic mass is 9.47. The lowest BCUT2D eigenvalue weighted by Gasteiger charge is -2.58. The molecule has 9 atom stereocenters. The van der Waals surface area contributed by atoms with Crippen LogP contribution in [0.5, 0.6) is 0 Å². The van der Waals surface area contributed by atoms with Crippen LogP contribution in [-0.2, 0) is 9.59 Å². The van der Waals surface area contributed by atoms with Gasteiger partial charge in [-0.2, -0.15) is 0 Å². The quantitative estimate of drug-likeness (QED) is 0.228. The van der Waals surface area contributed by atoms with Gasteiger partial charge < -0.3 is 10.2 Å². The van der Waals surface area contributed by atoms with Gasteiger partial charge in [0.15, 0.2) is 0 Å². The molecule has 4 rings (SSSR count). The van der Waals surface area contributed by atoms with Crippen molar-refractivity contribution in [3.05, 3.63) is 23.8 Å². The molecule has 4 aliphatic carbocycles. The molecule has 0 radical (unpaired) electrons. The number of fused-ring (bicyclic) bond motifs is 5. The van der Waals surface area contributed by atoms with Crippen LogP contribution in [-0.4, -0.2) is 22.2 Å². The molecule has 4 aliphatic rings. The van der Waals surface area contributed by atoms with Gasteiger partial charge in [-0.25, -0.2) is 0 Å². The molecule has 0 heterocycles. The summed E-state index contributed by atoms with van der Waals surface area (Å²) in [5.41, 5.74) is 2.85. The summed E-state index contributed by atoms with van der Waals surface area (Å²) in [5, 5.41) is 18.2. The Hall–Kier alpha value is -1.58. The minimum Gasteiger partial charge on any atom is -0.481 e. The molecule has 0 aromatic carbocycles. The molecule has 0 saturated heterocycles. The zero-order valence-corrected chi connectivity index (χ0v) is 25.3. The summed E-state index contributed by atoms with van der Waals surface area (Å²) in [6.07, 6.45) is 24.7. The van der Waals surface area contributed by atoms with Crippen LogP contribution in [0.25, 0.3) is 0 Å². The highest BCUT2D eigenvalue weighted by molar-refractivity contribution is 5.72. The Kier molecular flexibility index (Phi) is 10.1. The second-order valence-electron chi connectivity index (χ2n) is 14.6. The maximum Gasteiger partial charge on any atom is 0.310 e. The summed E-state index contributed by atoms with van der Waals surface area (Å²) < 4.78 is 0. The largest absolute Gasteiger partial charge is 0.481 e. The Balaban J connectivity index is 1.24. The van der Waals surface area contributed by atoms with Gasteiger partial charge in [0.25, 0.3) is 0 Å². The molecule has 4 heteroatoms. The Morgan fingerprint density at radius 2 is 1.79 bits per heavy atom. The SMILES string of the molecule is CC(CC=CC(CCCC(=O)O)C(=O)O)CCC[C@@H](C)[C@H]1CC[C@H]2[C@@H]3CC=C4CCCC[C@]4(C)[C@H]3CC[C@]12C. The zero-order valence-electron chi connectivity index (χ0n) is 25.3. The van der Waals surface area contributed by atoms with E-state index in [1.54, 1.807) is 6.08 Å². The fourth-order valence-corrected chi connectivity index (χ4v) is 10.0. The zero-order chi connectivity index (χ0) is 28.2. The van der Waals surface area contributed by atoms with Crippen LogP contribution < -0.4 is 0 Å². The number of aliphatic carboxylic acids is 2. The van der Waals surface area contributed by atoms with E-state index in [1.807, 2.05) is 11.6 Å². The van der Waals surface area contributed by atoms with Crippen molar-refractivity contribution in [2.75, 3.05) is 0 Å². The van der Waals surface area contributed by atoms with Crippen molar-refractivity contribution in [2.24, 2.45) is 52.3 Å². The van der Waals surface area contributed by atoms with Crippen LogP contribution in [0.4, 0.5) is 0 Å². The first-order valence-electron chi connectivity index (χ1n) is 16.4. The van der Waals surface area contributed by atoms with E-state index in [4.69, 9.17) is 5.11 Å². The van der Waals surface area contributed by atoms with Crippen LogP contribution in [0, 0.1) is 52.3 Å². The second-order valence-corrected chi connectivity index (χ2v) is 14.6. The number of allylic oxidation sites excluding steroid dienone is 3. The molecule has 2 unspecified atom stereocenters. The first kappa shape index (κ1) is 30.4. The van der Waals surface area contributed by atoms with Crippen LogP contribution in [0.1, 0.15) is 130 Å². The predicted molar refractivity (Wildman–Crippen MR) is 158 cm³/mol. The van der Waals surface area contributed by atoms with E-state index in [9.17, 15) is 14.7 Å². The molecule has 220 valence electrons. The number of rotatable bonds is 13. The fourth-order valence-electron chi connectivity index (χ4n) is 10.0. The van der Waals surface area contributed by atoms with Crippen molar-refractivity contribution in [3.8, 4) is 0 Å². The Morgan fingerprint density at radius 3 is 2.54 bits per heavy atom. The molecule has 2 N–H and O–H groups in total. The van der Waals surface area contributed by atoms with Gasteiger partial charge in [0.2, 0.25) is 0 Å². The summed E-state index contributed by atoms with van der Waals surface area (Å²) in [4.78, 5) is 22.2. The third-order valence-electron chi connectivity index (χ3n) is 12.3. The van der Waals surface area contributed by atoms with E-state index in [0.29, 0.717) is 29.6 Å². The van der Waals surface area contributed by atoms with Gasteiger partial charge in [-0.15, -0.1) is 0 Å².